The van der Waals surface area contributed by atoms with Gasteiger partial charge in [-0.25, -0.2) is 0 Å². The van der Waals surface area contributed by atoms with E-state index in [9.17, 15) is 4.79 Å². The summed E-state index contributed by atoms with van der Waals surface area (Å²) >= 11 is 0. The minimum Gasteiger partial charge on any atom is -0.380 e. The van der Waals surface area contributed by atoms with Gasteiger partial charge in [-0.2, -0.15) is 0 Å². The fraction of sp³-hybridized carbons (Fsp3) is 0.462. The van der Waals surface area contributed by atoms with Gasteiger partial charge in [0.05, 0.1) is 6.10 Å². The largest absolute Gasteiger partial charge is 0.380 e. The Morgan fingerprint density at radius 2 is 2.18 bits per heavy atom. The molecule has 0 radical (unpaired) electrons. The monoisotopic (exact) mass is 234 g/mol. The third-order valence-electron chi connectivity index (χ3n) is 3.21. The van der Waals surface area contributed by atoms with Crippen molar-refractivity contribution < 1.29 is 9.53 Å². The number of nitrogens with two attached hydrogens (primary N) is 1. The number of carbonyl (C=O) groups is 1. The topological polar surface area (TPSA) is 55.6 Å². The molecule has 1 heterocycles. The highest BCUT2D eigenvalue weighted by molar-refractivity contribution is 5.83. The van der Waals surface area contributed by atoms with Crippen LogP contribution in [0.25, 0.3) is 0 Å². The zero-order valence-corrected chi connectivity index (χ0v) is 10.0. The van der Waals surface area contributed by atoms with Crippen LogP contribution < -0.4 is 5.73 Å². The number of rotatable bonds is 3. The summed E-state index contributed by atoms with van der Waals surface area (Å²) in [4.78, 5) is 13.9. The number of amides is 1. The molecule has 1 saturated heterocycles. The fourth-order valence-corrected chi connectivity index (χ4v) is 2.12. The van der Waals surface area contributed by atoms with Crippen LogP contribution in [-0.2, 0) is 9.53 Å². The predicted octanol–water partition coefficient (Wildman–Crippen LogP) is 0.934. The van der Waals surface area contributed by atoms with Crippen LogP contribution in [-0.4, -0.2) is 37.1 Å². The summed E-state index contributed by atoms with van der Waals surface area (Å²) < 4.78 is 5.24. The standard InChI is InChI=1S/C13H18N2O2/c1-17-11-7-8-15(9-11)13(16)12(14)10-5-3-2-4-6-10/h2-6,11-12H,7-9,14H2,1H3. The zero-order chi connectivity index (χ0) is 12.3. The van der Waals surface area contributed by atoms with Crippen LogP contribution in [0.4, 0.5) is 0 Å². The Labute approximate surface area is 101 Å². The molecular formula is C13H18N2O2. The quantitative estimate of drug-likeness (QED) is 0.846. The van der Waals surface area contributed by atoms with Crippen molar-refractivity contribution in [1.29, 1.82) is 0 Å². The predicted molar refractivity (Wildman–Crippen MR) is 65.4 cm³/mol. The molecule has 2 rings (SSSR count). The molecule has 1 aliphatic rings. The molecule has 1 aromatic carbocycles. The first-order chi connectivity index (χ1) is 8.22. The number of ether oxygens (including phenoxy) is 1. The van der Waals surface area contributed by atoms with E-state index >= 15 is 0 Å². The molecule has 0 aliphatic carbocycles. The van der Waals surface area contributed by atoms with Gasteiger partial charge in [-0.3, -0.25) is 4.79 Å². The van der Waals surface area contributed by atoms with Crippen molar-refractivity contribution in [3.8, 4) is 0 Å². The molecule has 0 bridgehead atoms. The van der Waals surface area contributed by atoms with Gasteiger partial charge in [0.2, 0.25) is 5.91 Å². The van der Waals surface area contributed by atoms with E-state index in [4.69, 9.17) is 10.5 Å². The van der Waals surface area contributed by atoms with E-state index in [1.165, 1.54) is 0 Å². The number of likely N-dealkylation sites (tertiary alicyclic amines) is 1. The molecule has 2 N–H and O–H groups in total. The minimum absolute atomic E-state index is 0.0178. The maximum Gasteiger partial charge on any atom is 0.244 e. The Bertz CT molecular complexity index is 380. The minimum atomic E-state index is -0.563. The number of carbonyl (C=O) groups excluding carboxylic acids is 1. The molecule has 4 nitrogen and oxygen atoms in total. The van der Waals surface area contributed by atoms with E-state index < -0.39 is 6.04 Å². The highest BCUT2D eigenvalue weighted by Gasteiger charge is 2.29. The maximum atomic E-state index is 12.2. The Kier molecular flexibility index (Phi) is 3.76. The molecule has 92 valence electrons. The molecule has 0 saturated carbocycles. The molecule has 1 aliphatic heterocycles. The van der Waals surface area contributed by atoms with Crippen molar-refractivity contribution in [2.75, 3.05) is 20.2 Å². The second-order valence-corrected chi connectivity index (χ2v) is 4.32. The lowest BCUT2D eigenvalue weighted by Gasteiger charge is -2.20. The van der Waals surface area contributed by atoms with Gasteiger partial charge in [-0.1, -0.05) is 30.3 Å². The molecule has 1 aromatic rings. The Hall–Kier alpha value is -1.39. The van der Waals surface area contributed by atoms with Crippen molar-refractivity contribution in [3.05, 3.63) is 35.9 Å². The zero-order valence-electron chi connectivity index (χ0n) is 10.0. The van der Waals surface area contributed by atoms with E-state index in [0.717, 1.165) is 18.5 Å². The smallest absolute Gasteiger partial charge is 0.244 e. The summed E-state index contributed by atoms with van der Waals surface area (Å²) in [7, 11) is 1.68. The normalized spacial score (nSPS) is 21.5. The van der Waals surface area contributed by atoms with Crippen molar-refractivity contribution in [1.82, 2.24) is 4.90 Å². The van der Waals surface area contributed by atoms with Crippen molar-refractivity contribution >= 4 is 5.91 Å². The molecule has 1 amide bonds. The van der Waals surface area contributed by atoms with Gasteiger partial charge in [0.1, 0.15) is 6.04 Å². The average Bonchev–Trinajstić information content (AvgIpc) is 2.87. The molecule has 4 heteroatoms. The van der Waals surface area contributed by atoms with Crippen LogP contribution in [0.15, 0.2) is 30.3 Å². The van der Waals surface area contributed by atoms with Crippen molar-refractivity contribution in [2.24, 2.45) is 5.73 Å². The van der Waals surface area contributed by atoms with Crippen LogP contribution in [0.1, 0.15) is 18.0 Å². The number of benzene rings is 1. The first-order valence-electron chi connectivity index (χ1n) is 5.84. The van der Waals surface area contributed by atoms with E-state index in [1.54, 1.807) is 12.0 Å². The fourth-order valence-electron chi connectivity index (χ4n) is 2.12. The number of methoxy groups -OCH3 is 1. The Morgan fingerprint density at radius 1 is 1.47 bits per heavy atom. The Balaban J connectivity index is 2.01. The van der Waals surface area contributed by atoms with Crippen LogP contribution in [0.5, 0.6) is 0 Å². The summed E-state index contributed by atoms with van der Waals surface area (Å²) in [5, 5.41) is 0. The lowest BCUT2D eigenvalue weighted by Crippen LogP contribution is -2.37. The second kappa shape index (κ2) is 5.29. The number of hydrogen-bond acceptors (Lipinski definition) is 3. The third-order valence-corrected chi connectivity index (χ3v) is 3.21. The molecule has 1 fully saturated rings. The van der Waals surface area contributed by atoms with Gasteiger partial charge >= 0.3 is 0 Å². The van der Waals surface area contributed by atoms with Crippen LogP contribution in [0.2, 0.25) is 0 Å². The van der Waals surface area contributed by atoms with Crippen LogP contribution >= 0.6 is 0 Å². The highest BCUT2D eigenvalue weighted by atomic mass is 16.5. The van der Waals surface area contributed by atoms with Gasteiger partial charge < -0.3 is 15.4 Å². The lowest BCUT2D eigenvalue weighted by atomic mass is 10.1. The lowest BCUT2D eigenvalue weighted by molar-refractivity contribution is -0.132. The summed E-state index contributed by atoms with van der Waals surface area (Å²) in [6.45, 7) is 1.38. The average molecular weight is 234 g/mol. The summed E-state index contributed by atoms with van der Waals surface area (Å²) in [5.74, 6) is -0.0178. The molecule has 0 spiro atoms. The van der Waals surface area contributed by atoms with Gasteiger partial charge in [0.15, 0.2) is 0 Å². The second-order valence-electron chi connectivity index (χ2n) is 4.32. The van der Waals surface area contributed by atoms with Gasteiger partial charge in [-0.15, -0.1) is 0 Å². The van der Waals surface area contributed by atoms with E-state index in [0.29, 0.717) is 6.54 Å². The summed E-state index contributed by atoms with van der Waals surface area (Å²) in [6.07, 6.45) is 1.05. The van der Waals surface area contributed by atoms with E-state index in [-0.39, 0.29) is 12.0 Å². The van der Waals surface area contributed by atoms with E-state index in [1.807, 2.05) is 30.3 Å². The van der Waals surface area contributed by atoms with Crippen LogP contribution in [0.3, 0.4) is 0 Å². The molecule has 2 atom stereocenters. The SMILES string of the molecule is COC1CCN(C(=O)C(N)c2ccccc2)C1. The van der Waals surface area contributed by atoms with Crippen molar-refractivity contribution in [2.45, 2.75) is 18.6 Å². The molecule has 17 heavy (non-hydrogen) atoms. The number of hydrogen-bond donors (Lipinski definition) is 1. The first-order valence-corrected chi connectivity index (χ1v) is 5.84. The van der Waals surface area contributed by atoms with E-state index in [2.05, 4.69) is 0 Å². The van der Waals surface area contributed by atoms with Gasteiger partial charge in [0, 0.05) is 20.2 Å². The molecule has 0 aromatic heterocycles. The molecular weight excluding hydrogens is 216 g/mol. The molecule has 2 unspecified atom stereocenters. The summed E-state index contributed by atoms with van der Waals surface area (Å²) in [5.41, 5.74) is 6.83. The third kappa shape index (κ3) is 2.65. The highest BCUT2D eigenvalue weighted by Crippen LogP contribution is 2.18. The Morgan fingerprint density at radius 3 is 2.76 bits per heavy atom. The maximum absolute atomic E-state index is 12.2. The first kappa shape index (κ1) is 12.1. The van der Waals surface area contributed by atoms with Gasteiger partial charge in [0.25, 0.3) is 0 Å². The van der Waals surface area contributed by atoms with Gasteiger partial charge in [-0.05, 0) is 12.0 Å². The summed E-state index contributed by atoms with van der Waals surface area (Å²) in [6, 6.07) is 8.90. The number of nitrogens with zero attached hydrogens (tertiary/aromatic N) is 1. The van der Waals surface area contributed by atoms with Crippen LogP contribution in [0, 0.1) is 0 Å². The van der Waals surface area contributed by atoms with Crippen molar-refractivity contribution in [3.63, 3.8) is 0 Å².